The van der Waals surface area contributed by atoms with Crippen LogP contribution in [0.5, 0.6) is 0 Å². The number of hydrogen-bond acceptors (Lipinski definition) is 6. The van der Waals surface area contributed by atoms with Crippen LogP contribution in [0, 0.1) is 5.92 Å². The third-order valence-electron chi connectivity index (χ3n) is 4.34. The van der Waals surface area contributed by atoms with E-state index in [2.05, 4.69) is 25.8 Å². The van der Waals surface area contributed by atoms with Crippen LogP contribution >= 0.6 is 35.6 Å². The number of ether oxygens (including phenoxy) is 2. The monoisotopic (exact) mass is 535 g/mol. The average molecular weight is 536 g/mol. The normalized spacial score (nSPS) is 16.5. The minimum atomic E-state index is 0. The molecule has 0 saturated carbocycles. The van der Waals surface area contributed by atoms with Gasteiger partial charge in [0.2, 0.25) is 11.7 Å². The summed E-state index contributed by atoms with van der Waals surface area (Å²) in [5, 5.41) is 11.1. The second-order valence-electron chi connectivity index (χ2n) is 6.53. The van der Waals surface area contributed by atoms with E-state index >= 15 is 0 Å². The van der Waals surface area contributed by atoms with Crippen LogP contribution in [0.1, 0.15) is 18.7 Å². The van der Waals surface area contributed by atoms with Gasteiger partial charge in [0, 0.05) is 43.3 Å². The van der Waals surface area contributed by atoms with E-state index in [1.54, 1.807) is 19.2 Å². The second kappa shape index (κ2) is 13.0. The molecule has 10 heteroatoms. The van der Waals surface area contributed by atoms with Crippen molar-refractivity contribution in [1.82, 2.24) is 20.8 Å². The number of halogens is 2. The lowest BCUT2D eigenvalue weighted by atomic mass is 10.1. The lowest BCUT2D eigenvalue weighted by Gasteiger charge is -2.11. The zero-order valence-electron chi connectivity index (χ0n) is 16.4. The molecule has 1 aliphatic rings. The molecule has 29 heavy (non-hydrogen) atoms. The highest BCUT2D eigenvalue weighted by Crippen LogP contribution is 2.18. The maximum atomic E-state index is 5.90. The summed E-state index contributed by atoms with van der Waals surface area (Å²) in [6, 6.07) is 7.30. The van der Waals surface area contributed by atoms with Crippen LogP contribution in [0.15, 0.2) is 33.8 Å². The van der Waals surface area contributed by atoms with Crippen LogP contribution < -0.4 is 10.6 Å². The number of rotatable bonds is 9. The molecule has 3 rings (SSSR count). The van der Waals surface area contributed by atoms with Gasteiger partial charge in [-0.1, -0.05) is 16.8 Å². The largest absolute Gasteiger partial charge is 0.381 e. The highest BCUT2D eigenvalue weighted by Gasteiger charge is 2.15. The maximum absolute atomic E-state index is 5.90. The first-order valence-corrected chi connectivity index (χ1v) is 9.81. The number of benzene rings is 1. The van der Waals surface area contributed by atoms with Gasteiger partial charge in [-0.25, -0.2) is 0 Å². The van der Waals surface area contributed by atoms with Crippen molar-refractivity contribution < 1.29 is 14.0 Å². The molecule has 1 unspecified atom stereocenters. The number of hydrogen-bond donors (Lipinski definition) is 2. The molecule has 8 nitrogen and oxygen atoms in total. The lowest BCUT2D eigenvalue weighted by Crippen LogP contribution is -2.37. The van der Waals surface area contributed by atoms with Gasteiger partial charge in [-0.15, -0.1) is 24.0 Å². The lowest BCUT2D eigenvalue weighted by molar-refractivity contribution is 0.0888. The Labute approximate surface area is 192 Å². The summed E-state index contributed by atoms with van der Waals surface area (Å²) in [5.41, 5.74) is 0.853. The van der Waals surface area contributed by atoms with Crippen molar-refractivity contribution >= 4 is 41.5 Å². The molecule has 2 aromatic rings. The molecule has 1 aromatic heterocycles. The Balaban J connectivity index is 0.00000300. The number of nitrogens with zero attached hydrogens (tertiary/aromatic N) is 3. The van der Waals surface area contributed by atoms with Crippen molar-refractivity contribution in [1.29, 1.82) is 0 Å². The molecule has 1 saturated heterocycles. The Morgan fingerprint density at radius 2 is 2.14 bits per heavy atom. The van der Waals surface area contributed by atoms with E-state index in [1.807, 2.05) is 12.1 Å². The SMILES string of the molecule is CN=C(NCCCOCC1CCOC1)NCc1nc(-c2ccc(Cl)cc2)no1.I. The summed E-state index contributed by atoms with van der Waals surface area (Å²) in [6.45, 7) is 4.33. The summed E-state index contributed by atoms with van der Waals surface area (Å²) in [6.07, 6.45) is 2.00. The van der Waals surface area contributed by atoms with Crippen molar-refractivity contribution in [2.45, 2.75) is 19.4 Å². The Hall–Kier alpha value is -1.43. The molecular formula is C19H27ClIN5O3. The molecule has 0 aliphatic carbocycles. The van der Waals surface area contributed by atoms with Gasteiger partial charge >= 0.3 is 0 Å². The van der Waals surface area contributed by atoms with E-state index in [1.165, 1.54) is 0 Å². The first kappa shape index (κ1) is 23.8. The topological polar surface area (TPSA) is 93.8 Å². The quantitative estimate of drug-likeness (QED) is 0.221. The van der Waals surface area contributed by atoms with E-state index in [-0.39, 0.29) is 24.0 Å². The highest BCUT2D eigenvalue weighted by molar-refractivity contribution is 14.0. The van der Waals surface area contributed by atoms with Crippen LogP contribution in [0.4, 0.5) is 0 Å². The molecule has 0 amide bonds. The summed E-state index contributed by atoms with van der Waals surface area (Å²) in [7, 11) is 1.72. The van der Waals surface area contributed by atoms with Crippen LogP contribution in [0.3, 0.4) is 0 Å². The predicted molar refractivity (Wildman–Crippen MR) is 123 cm³/mol. The van der Waals surface area contributed by atoms with Gasteiger partial charge in [0.05, 0.1) is 19.8 Å². The summed E-state index contributed by atoms with van der Waals surface area (Å²) < 4.78 is 16.3. The number of aliphatic imine (C=N–C) groups is 1. The van der Waals surface area contributed by atoms with E-state index in [9.17, 15) is 0 Å². The van der Waals surface area contributed by atoms with Crippen molar-refractivity contribution in [3.05, 3.63) is 35.2 Å². The van der Waals surface area contributed by atoms with Gasteiger partial charge in [-0.3, -0.25) is 4.99 Å². The predicted octanol–water partition coefficient (Wildman–Crippen LogP) is 3.12. The Kier molecular flexibility index (Phi) is 10.7. The van der Waals surface area contributed by atoms with Crippen LogP contribution in [0.2, 0.25) is 5.02 Å². The summed E-state index contributed by atoms with van der Waals surface area (Å²) >= 11 is 5.90. The van der Waals surface area contributed by atoms with Crippen molar-refractivity contribution in [2.24, 2.45) is 10.9 Å². The zero-order chi connectivity index (χ0) is 19.6. The maximum Gasteiger partial charge on any atom is 0.246 e. The average Bonchev–Trinajstić information content (AvgIpc) is 3.39. The molecule has 1 aliphatic heterocycles. The van der Waals surface area contributed by atoms with Crippen LogP contribution in [-0.4, -0.2) is 56.1 Å². The fourth-order valence-electron chi connectivity index (χ4n) is 2.77. The van der Waals surface area contributed by atoms with Crippen molar-refractivity contribution in [2.75, 3.05) is 40.0 Å². The highest BCUT2D eigenvalue weighted by atomic mass is 127. The first-order valence-electron chi connectivity index (χ1n) is 9.43. The van der Waals surface area contributed by atoms with Gasteiger partial charge in [-0.05, 0) is 37.1 Å². The third kappa shape index (κ3) is 8.07. The summed E-state index contributed by atoms with van der Waals surface area (Å²) in [4.78, 5) is 8.57. The molecule has 0 spiro atoms. The van der Waals surface area contributed by atoms with E-state index in [0.29, 0.717) is 41.8 Å². The standard InChI is InChI=1S/C19H26ClN5O3.HI/c1-21-19(22-8-2-9-26-12-14-7-10-27-13-14)23-11-17-24-18(25-28-17)15-3-5-16(20)6-4-15;/h3-6,14H,2,7-13H2,1H3,(H2,21,22,23);1H. The Bertz CT molecular complexity index is 751. The van der Waals surface area contributed by atoms with Gasteiger partial charge < -0.3 is 24.6 Å². The Morgan fingerprint density at radius 1 is 1.31 bits per heavy atom. The fraction of sp³-hybridized carbons (Fsp3) is 0.526. The van der Waals surface area contributed by atoms with Crippen LogP contribution in [0.25, 0.3) is 11.4 Å². The summed E-state index contributed by atoms with van der Waals surface area (Å²) in [5.74, 6) is 2.24. The smallest absolute Gasteiger partial charge is 0.246 e. The molecule has 0 radical (unpaired) electrons. The number of guanidine groups is 1. The first-order chi connectivity index (χ1) is 13.7. The minimum Gasteiger partial charge on any atom is -0.381 e. The van der Waals surface area contributed by atoms with Gasteiger partial charge in [0.25, 0.3) is 0 Å². The van der Waals surface area contributed by atoms with Crippen molar-refractivity contribution in [3.63, 3.8) is 0 Å². The number of aromatic nitrogens is 2. The van der Waals surface area contributed by atoms with Gasteiger partial charge in [0.15, 0.2) is 5.96 Å². The molecule has 1 fully saturated rings. The molecule has 2 N–H and O–H groups in total. The molecule has 160 valence electrons. The van der Waals surface area contributed by atoms with Gasteiger partial charge in [-0.2, -0.15) is 4.98 Å². The van der Waals surface area contributed by atoms with E-state index in [4.69, 9.17) is 25.6 Å². The molecular weight excluding hydrogens is 509 g/mol. The van der Waals surface area contributed by atoms with E-state index in [0.717, 1.165) is 44.8 Å². The fourth-order valence-corrected chi connectivity index (χ4v) is 2.89. The molecule has 1 aromatic carbocycles. The third-order valence-corrected chi connectivity index (χ3v) is 4.59. The Morgan fingerprint density at radius 3 is 2.86 bits per heavy atom. The molecule has 0 bridgehead atoms. The van der Waals surface area contributed by atoms with Crippen LogP contribution in [-0.2, 0) is 16.0 Å². The zero-order valence-corrected chi connectivity index (χ0v) is 19.5. The second-order valence-corrected chi connectivity index (χ2v) is 6.97. The van der Waals surface area contributed by atoms with Gasteiger partial charge in [0.1, 0.15) is 0 Å². The molecule has 1 atom stereocenters. The van der Waals surface area contributed by atoms with E-state index < -0.39 is 0 Å². The minimum absolute atomic E-state index is 0. The molecule has 2 heterocycles. The number of nitrogens with one attached hydrogen (secondary N) is 2. The van der Waals surface area contributed by atoms with Crippen molar-refractivity contribution in [3.8, 4) is 11.4 Å².